The van der Waals surface area contributed by atoms with Crippen molar-refractivity contribution in [1.82, 2.24) is 15.3 Å². The lowest BCUT2D eigenvalue weighted by molar-refractivity contribution is -0.139. The summed E-state index contributed by atoms with van der Waals surface area (Å²) in [6.45, 7) is 0. The topological polar surface area (TPSA) is 162 Å². The third-order valence-electron chi connectivity index (χ3n) is 5.35. The molecular weight excluding hydrogens is 518 g/mol. The number of rotatable bonds is 8. The van der Waals surface area contributed by atoms with E-state index in [-0.39, 0.29) is 33.1 Å². The fraction of sp³-hybridized carbons (Fsp3) is 0.0800. The van der Waals surface area contributed by atoms with E-state index >= 15 is 0 Å². The van der Waals surface area contributed by atoms with E-state index in [1.807, 2.05) is 6.07 Å². The Kier molecular flexibility index (Phi) is 7.33. The zero-order valence-corrected chi connectivity index (χ0v) is 20.5. The minimum atomic E-state index is -4.25. The lowest BCUT2D eigenvalue weighted by atomic mass is 10.0. The third-order valence-corrected chi connectivity index (χ3v) is 6.98. The highest BCUT2D eigenvalue weighted by molar-refractivity contribution is 7.93. The van der Waals surface area contributed by atoms with Crippen LogP contribution in [0.1, 0.15) is 21.5 Å². The summed E-state index contributed by atoms with van der Waals surface area (Å²) in [6.07, 6.45) is 2.73. The lowest BCUT2D eigenvalue weighted by Gasteiger charge is -2.17. The van der Waals surface area contributed by atoms with Crippen LogP contribution >= 0.6 is 11.6 Å². The maximum Gasteiger partial charge on any atom is 0.326 e. The first kappa shape index (κ1) is 25.6. The molecule has 3 aromatic carbocycles. The number of aliphatic carboxylic acids is 1. The van der Waals surface area contributed by atoms with Gasteiger partial charge in [-0.1, -0.05) is 29.8 Å². The van der Waals surface area contributed by atoms with Crippen LogP contribution in [0.2, 0.25) is 5.02 Å². The molecule has 1 amide bonds. The van der Waals surface area contributed by atoms with Crippen LogP contribution in [0.3, 0.4) is 0 Å². The zero-order valence-electron chi connectivity index (χ0n) is 18.9. The summed E-state index contributed by atoms with van der Waals surface area (Å²) < 4.78 is 28.9. The summed E-state index contributed by atoms with van der Waals surface area (Å²) in [5, 5.41) is 21.2. The number of hydrogen-bond acceptors (Lipinski definition) is 7. The Labute approximate surface area is 216 Å². The highest BCUT2D eigenvalue weighted by Gasteiger charge is 2.25. The van der Waals surface area contributed by atoms with E-state index in [2.05, 4.69) is 20.0 Å². The summed E-state index contributed by atoms with van der Waals surface area (Å²) in [7, 11) is -4.25. The van der Waals surface area contributed by atoms with Gasteiger partial charge in [-0.2, -0.15) is 5.26 Å². The highest BCUT2D eigenvalue weighted by Crippen LogP contribution is 2.27. The smallest absolute Gasteiger partial charge is 0.326 e. The van der Waals surface area contributed by atoms with Gasteiger partial charge in [0.15, 0.2) is 0 Å². The zero-order chi connectivity index (χ0) is 26.6. The van der Waals surface area contributed by atoms with Gasteiger partial charge in [-0.15, -0.1) is 0 Å². The van der Waals surface area contributed by atoms with Gasteiger partial charge in [-0.3, -0.25) is 19.5 Å². The molecule has 0 saturated carbocycles. The molecule has 0 saturated heterocycles. The van der Waals surface area contributed by atoms with Crippen LogP contribution in [0, 0.1) is 11.3 Å². The lowest BCUT2D eigenvalue weighted by Crippen LogP contribution is -2.42. The van der Waals surface area contributed by atoms with Crippen LogP contribution in [0.15, 0.2) is 78.0 Å². The van der Waals surface area contributed by atoms with Crippen molar-refractivity contribution in [1.29, 1.82) is 5.26 Å². The van der Waals surface area contributed by atoms with Crippen molar-refractivity contribution in [2.75, 3.05) is 4.72 Å². The number of fused-ring (bicyclic) bond motifs is 1. The van der Waals surface area contributed by atoms with Gasteiger partial charge in [0.2, 0.25) is 0 Å². The van der Waals surface area contributed by atoms with E-state index in [1.165, 1.54) is 42.7 Å². The van der Waals surface area contributed by atoms with Crippen molar-refractivity contribution in [2.45, 2.75) is 17.4 Å². The van der Waals surface area contributed by atoms with Gasteiger partial charge in [0.25, 0.3) is 15.9 Å². The second kappa shape index (κ2) is 10.6. The molecule has 0 fully saturated rings. The summed E-state index contributed by atoms with van der Waals surface area (Å²) >= 11 is 6.07. The minimum Gasteiger partial charge on any atom is -0.480 e. The van der Waals surface area contributed by atoms with E-state index < -0.39 is 27.9 Å². The average Bonchev–Trinajstić information content (AvgIpc) is 2.88. The number of carbonyl (C=O) groups is 2. The number of carboxylic acid groups (broad SMARTS) is 1. The molecule has 0 aliphatic heterocycles. The Morgan fingerprint density at radius 1 is 1.05 bits per heavy atom. The number of amides is 1. The molecule has 0 radical (unpaired) electrons. The average molecular weight is 536 g/mol. The monoisotopic (exact) mass is 535 g/mol. The van der Waals surface area contributed by atoms with Crippen LogP contribution in [0.25, 0.3) is 11.0 Å². The summed E-state index contributed by atoms with van der Waals surface area (Å²) in [5.41, 5.74) is 1.22. The first-order valence-electron chi connectivity index (χ1n) is 10.7. The predicted octanol–water partition coefficient (Wildman–Crippen LogP) is 3.38. The van der Waals surface area contributed by atoms with Crippen molar-refractivity contribution < 1.29 is 23.1 Å². The van der Waals surface area contributed by atoms with E-state index in [9.17, 15) is 23.1 Å². The number of carboxylic acids is 1. The fourth-order valence-corrected chi connectivity index (χ4v) is 4.98. The van der Waals surface area contributed by atoms with E-state index in [4.69, 9.17) is 16.9 Å². The molecule has 1 atom stereocenters. The number of sulfonamides is 1. The number of halogens is 1. The van der Waals surface area contributed by atoms with E-state index in [0.717, 1.165) is 0 Å². The molecule has 186 valence electrons. The van der Waals surface area contributed by atoms with Gasteiger partial charge >= 0.3 is 5.97 Å². The second-order valence-electron chi connectivity index (χ2n) is 7.85. The number of carbonyl (C=O) groups excluding carboxylic acids is 1. The molecule has 0 aliphatic carbocycles. The molecule has 0 bridgehead atoms. The molecule has 1 aromatic heterocycles. The number of hydrogen-bond donors (Lipinski definition) is 3. The van der Waals surface area contributed by atoms with Crippen LogP contribution in [0.5, 0.6) is 0 Å². The summed E-state index contributed by atoms with van der Waals surface area (Å²) in [5.74, 6) is -2.11. The van der Waals surface area contributed by atoms with Crippen molar-refractivity contribution in [3.05, 3.63) is 94.8 Å². The van der Waals surface area contributed by atoms with Crippen LogP contribution in [0.4, 0.5) is 5.69 Å². The van der Waals surface area contributed by atoms with Crippen LogP contribution in [-0.4, -0.2) is 41.4 Å². The third kappa shape index (κ3) is 5.83. The first-order chi connectivity index (χ1) is 17.7. The molecule has 12 heteroatoms. The largest absolute Gasteiger partial charge is 0.480 e. The van der Waals surface area contributed by atoms with Crippen LogP contribution < -0.4 is 10.0 Å². The number of benzene rings is 3. The SMILES string of the molecule is N#Cc1ccc(C[C@H](NC(=O)c2ccc(Cl)cc2NS(=O)(=O)c2cccc3nccnc23)C(=O)O)cc1. The normalized spacial score (nSPS) is 11.9. The first-order valence-corrected chi connectivity index (χ1v) is 12.6. The highest BCUT2D eigenvalue weighted by atomic mass is 35.5. The Morgan fingerprint density at radius 3 is 2.49 bits per heavy atom. The quantitative estimate of drug-likeness (QED) is 0.309. The molecule has 4 rings (SSSR count). The summed E-state index contributed by atoms with van der Waals surface area (Å²) in [4.78, 5) is 33.0. The van der Waals surface area contributed by atoms with Gasteiger partial charge in [0.1, 0.15) is 16.5 Å². The number of nitrogens with one attached hydrogen (secondary N) is 2. The van der Waals surface area contributed by atoms with Crippen LogP contribution in [-0.2, 0) is 21.2 Å². The number of anilines is 1. The standard InChI is InChI=1S/C25H18ClN5O5S/c26-17-8-9-18(24(32)30-21(25(33)34)12-15-4-6-16(14-27)7-5-15)20(13-17)31-37(35,36)22-3-1-2-19-23(22)29-11-10-28-19/h1-11,13,21,31H,12H2,(H,30,32)(H,33,34)/t21-/m0/s1. The Morgan fingerprint density at radius 2 is 1.78 bits per heavy atom. The Hall–Kier alpha value is -4.53. The van der Waals surface area contributed by atoms with Crippen molar-refractivity contribution in [2.24, 2.45) is 0 Å². The van der Waals surface area contributed by atoms with Gasteiger partial charge in [0.05, 0.1) is 28.4 Å². The Bertz CT molecular complexity index is 1650. The number of nitrogens with zero attached hydrogens (tertiary/aromatic N) is 3. The molecule has 0 aliphatic rings. The van der Waals surface area contributed by atoms with Crippen molar-refractivity contribution in [3.63, 3.8) is 0 Å². The maximum atomic E-state index is 13.3. The van der Waals surface area contributed by atoms with Crippen molar-refractivity contribution in [3.8, 4) is 6.07 Å². The fourth-order valence-electron chi connectivity index (χ4n) is 3.57. The molecule has 4 aromatic rings. The van der Waals surface area contributed by atoms with Gasteiger partial charge in [0, 0.05) is 23.8 Å². The minimum absolute atomic E-state index is 0.0594. The molecule has 1 heterocycles. The number of aromatic nitrogens is 2. The second-order valence-corrected chi connectivity index (χ2v) is 9.94. The molecular formula is C25H18ClN5O5S. The predicted molar refractivity (Wildman–Crippen MR) is 136 cm³/mol. The Balaban J connectivity index is 1.62. The van der Waals surface area contributed by atoms with Crippen molar-refractivity contribution >= 4 is 50.2 Å². The maximum absolute atomic E-state index is 13.3. The van der Waals surface area contributed by atoms with Gasteiger partial charge < -0.3 is 10.4 Å². The van der Waals surface area contributed by atoms with Gasteiger partial charge in [-0.25, -0.2) is 13.2 Å². The van der Waals surface area contributed by atoms with E-state index in [0.29, 0.717) is 16.6 Å². The molecule has 0 unspecified atom stereocenters. The van der Waals surface area contributed by atoms with E-state index in [1.54, 1.807) is 30.3 Å². The number of para-hydroxylation sites is 1. The molecule has 37 heavy (non-hydrogen) atoms. The number of nitriles is 1. The molecule has 3 N–H and O–H groups in total. The van der Waals surface area contributed by atoms with Gasteiger partial charge in [-0.05, 0) is 48.0 Å². The summed E-state index contributed by atoms with van der Waals surface area (Å²) in [6, 6.07) is 15.3. The molecule has 10 nitrogen and oxygen atoms in total. The molecule has 0 spiro atoms.